The average molecular weight is 268 g/mol. The normalized spacial score (nSPS) is 37.9. The molecule has 6 heteroatoms. The minimum Gasteiger partial charge on any atom is -0.480 e. The Hall–Kier alpha value is -0.585. The zero-order chi connectivity index (χ0) is 14.1. The minimum atomic E-state index is -1.08. The van der Waals surface area contributed by atoms with Crippen LogP contribution in [-0.4, -0.2) is 41.6 Å². The third kappa shape index (κ3) is 2.96. The largest absolute Gasteiger partial charge is 0.480 e. The number of nitrogens with two attached hydrogens (primary N) is 1. The highest BCUT2D eigenvalue weighted by molar-refractivity contribution is 6.48. The zero-order valence-corrected chi connectivity index (χ0v) is 11.7. The molecule has 0 aromatic carbocycles. The number of rotatable bonds is 5. The molecule has 0 amide bonds. The van der Waals surface area contributed by atoms with Crippen LogP contribution in [0.4, 0.5) is 0 Å². The molecule has 0 radical (unpaired) electrons. The number of hydrogen-bond acceptors (Lipinski definition) is 4. The molecule has 0 bridgehead atoms. The molecule has 0 aromatic rings. The van der Waals surface area contributed by atoms with Crippen molar-refractivity contribution in [3.63, 3.8) is 0 Å². The van der Waals surface area contributed by atoms with Gasteiger partial charge in [0.1, 0.15) is 5.54 Å². The summed E-state index contributed by atoms with van der Waals surface area (Å²) in [5.41, 5.74) is 5.23. The number of carboxylic acids is 1. The van der Waals surface area contributed by atoms with Crippen molar-refractivity contribution in [3.8, 4) is 0 Å². The van der Waals surface area contributed by atoms with Gasteiger partial charge in [0.25, 0.3) is 6.92 Å². The Morgan fingerprint density at radius 3 is 2.84 bits per heavy atom. The summed E-state index contributed by atoms with van der Waals surface area (Å²) in [5.74, 6) is -0.832. The Morgan fingerprint density at radius 2 is 2.32 bits per heavy atom. The van der Waals surface area contributed by atoms with Crippen LogP contribution in [0.2, 0.25) is 13.1 Å². The predicted molar refractivity (Wildman–Crippen MR) is 75.1 cm³/mol. The second-order valence-electron chi connectivity index (χ2n) is 6.63. The SMILES string of the molecule is CB(O)CCCC1CC2(CCNC2)CC1(N)C(=O)O. The van der Waals surface area contributed by atoms with E-state index in [0.717, 1.165) is 45.1 Å². The molecular formula is C13H25BN2O3. The molecule has 1 saturated carbocycles. The van der Waals surface area contributed by atoms with Crippen molar-refractivity contribution < 1.29 is 14.9 Å². The van der Waals surface area contributed by atoms with Crippen molar-refractivity contribution in [1.82, 2.24) is 5.32 Å². The smallest absolute Gasteiger partial charge is 0.323 e. The predicted octanol–water partition coefficient (Wildman–Crippen LogP) is 0.552. The van der Waals surface area contributed by atoms with Crippen LogP contribution in [0.25, 0.3) is 0 Å². The van der Waals surface area contributed by atoms with Crippen LogP contribution in [0.5, 0.6) is 0 Å². The van der Waals surface area contributed by atoms with Gasteiger partial charge in [-0.05, 0) is 49.9 Å². The summed E-state index contributed by atoms with van der Waals surface area (Å²) in [6.45, 7) is 3.31. The molecular weight excluding hydrogens is 243 g/mol. The summed E-state index contributed by atoms with van der Waals surface area (Å²) in [7, 11) is 0. The van der Waals surface area contributed by atoms with Crippen LogP contribution in [0, 0.1) is 11.3 Å². The van der Waals surface area contributed by atoms with Crippen molar-refractivity contribution in [2.45, 2.75) is 50.8 Å². The van der Waals surface area contributed by atoms with Crippen molar-refractivity contribution in [2.75, 3.05) is 13.1 Å². The second kappa shape index (κ2) is 5.42. The fraction of sp³-hybridized carbons (Fsp3) is 0.923. The van der Waals surface area contributed by atoms with Crippen molar-refractivity contribution in [3.05, 3.63) is 0 Å². The van der Waals surface area contributed by atoms with E-state index in [2.05, 4.69) is 5.32 Å². The van der Waals surface area contributed by atoms with E-state index in [1.54, 1.807) is 6.82 Å². The number of carboxylic acid groups (broad SMARTS) is 1. The second-order valence-corrected chi connectivity index (χ2v) is 6.63. The van der Waals surface area contributed by atoms with Gasteiger partial charge in [-0.25, -0.2) is 0 Å². The molecule has 1 saturated heterocycles. The Bertz CT molecular complexity index is 345. The van der Waals surface area contributed by atoms with Crippen molar-refractivity contribution >= 4 is 12.9 Å². The number of carbonyl (C=O) groups is 1. The van der Waals surface area contributed by atoms with Gasteiger partial charge < -0.3 is 21.2 Å². The van der Waals surface area contributed by atoms with E-state index in [1.165, 1.54) is 0 Å². The standard InChI is InChI=1S/C13H25BN2O3/c1-14(19)5-2-3-10-7-12(4-6-16-9-12)8-13(10,15)11(17)18/h10,16,19H,2-9,15H2,1H3,(H,17,18). The van der Waals surface area contributed by atoms with Crippen LogP contribution in [0.15, 0.2) is 0 Å². The molecule has 2 aliphatic rings. The molecule has 3 atom stereocenters. The van der Waals surface area contributed by atoms with E-state index < -0.39 is 11.5 Å². The molecule has 1 aliphatic heterocycles. The van der Waals surface area contributed by atoms with Gasteiger partial charge in [-0.2, -0.15) is 0 Å². The Kier molecular flexibility index (Phi) is 4.23. The number of nitrogens with one attached hydrogen (secondary N) is 1. The van der Waals surface area contributed by atoms with Gasteiger partial charge in [0, 0.05) is 6.54 Å². The highest BCUT2D eigenvalue weighted by Crippen LogP contribution is 2.51. The number of aliphatic carboxylic acids is 1. The molecule has 0 aromatic heterocycles. The summed E-state index contributed by atoms with van der Waals surface area (Å²) in [6.07, 6.45) is 4.89. The summed E-state index contributed by atoms with van der Waals surface area (Å²) >= 11 is 0. The fourth-order valence-electron chi connectivity index (χ4n) is 3.93. The van der Waals surface area contributed by atoms with Gasteiger partial charge in [-0.15, -0.1) is 0 Å². The lowest BCUT2D eigenvalue weighted by molar-refractivity contribution is -0.145. The van der Waals surface area contributed by atoms with Crippen LogP contribution < -0.4 is 11.1 Å². The monoisotopic (exact) mass is 268 g/mol. The first-order chi connectivity index (χ1) is 8.88. The topological polar surface area (TPSA) is 95.6 Å². The maximum atomic E-state index is 11.6. The van der Waals surface area contributed by atoms with Gasteiger partial charge in [0.15, 0.2) is 0 Å². The maximum Gasteiger partial charge on any atom is 0.323 e. The van der Waals surface area contributed by atoms with E-state index in [0.29, 0.717) is 6.42 Å². The molecule has 5 N–H and O–H groups in total. The lowest BCUT2D eigenvalue weighted by atomic mass is 9.66. The minimum absolute atomic E-state index is 0.0312. The lowest BCUT2D eigenvalue weighted by Gasteiger charge is -2.27. The van der Waals surface area contributed by atoms with E-state index >= 15 is 0 Å². The fourth-order valence-corrected chi connectivity index (χ4v) is 3.93. The molecule has 1 heterocycles. The molecule has 1 spiro atoms. The summed E-state index contributed by atoms with van der Waals surface area (Å²) in [5, 5.41) is 22.2. The van der Waals surface area contributed by atoms with Crippen LogP contribution >= 0.6 is 0 Å². The average Bonchev–Trinajstić information content (AvgIpc) is 2.86. The molecule has 3 unspecified atom stereocenters. The Labute approximate surface area is 115 Å². The summed E-state index contributed by atoms with van der Waals surface area (Å²) in [6, 6.07) is 0. The van der Waals surface area contributed by atoms with Crippen molar-refractivity contribution in [1.29, 1.82) is 0 Å². The number of hydrogen-bond donors (Lipinski definition) is 4. The Balaban J connectivity index is 2.04. The first-order valence-corrected chi connectivity index (χ1v) is 7.29. The molecule has 5 nitrogen and oxygen atoms in total. The van der Waals surface area contributed by atoms with Crippen LogP contribution in [0.1, 0.15) is 32.1 Å². The third-order valence-electron chi connectivity index (χ3n) is 4.98. The van der Waals surface area contributed by atoms with Crippen LogP contribution in [0.3, 0.4) is 0 Å². The summed E-state index contributed by atoms with van der Waals surface area (Å²) < 4.78 is 0. The molecule has 2 fully saturated rings. The van der Waals surface area contributed by atoms with E-state index in [-0.39, 0.29) is 18.2 Å². The van der Waals surface area contributed by atoms with E-state index in [9.17, 15) is 14.9 Å². The van der Waals surface area contributed by atoms with Gasteiger partial charge >= 0.3 is 5.97 Å². The quantitative estimate of drug-likeness (QED) is 0.546. The highest BCUT2D eigenvalue weighted by Gasteiger charge is 2.56. The van der Waals surface area contributed by atoms with Gasteiger partial charge in [0.2, 0.25) is 0 Å². The lowest BCUT2D eigenvalue weighted by Crippen LogP contribution is -2.51. The first kappa shape index (κ1) is 14.8. The van der Waals surface area contributed by atoms with Gasteiger partial charge in [0.05, 0.1) is 0 Å². The van der Waals surface area contributed by atoms with E-state index in [1.807, 2.05) is 0 Å². The molecule has 19 heavy (non-hydrogen) atoms. The molecule has 108 valence electrons. The van der Waals surface area contributed by atoms with Crippen LogP contribution in [-0.2, 0) is 4.79 Å². The molecule has 2 rings (SSSR count). The maximum absolute atomic E-state index is 11.6. The zero-order valence-electron chi connectivity index (χ0n) is 11.7. The summed E-state index contributed by atoms with van der Waals surface area (Å²) in [4.78, 5) is 11.6. The molecule has 1 aliphatic carbocycles. The third-order valence-corrected chi connectivity index (χ3v) is 4.98. The van der Waals surface area contributed by atoms with Gasteiger partial charge in [-0.1, -0.05) is 13.2 Å². The Morgan fingerprint density at radius 1 is 1.58 bits per heavy atom. The first-order valence-electron chi connectivity index (χ1n) is 7.29. The highest BCUT2D eigenvalue weighted by atomic mass is 16.4. The van der Waals surface area contributed by atoms with Crippen molar-refractivity contribution in [2.24, 2.45) is 17.1 Å². The van der Waals surface area contributed by atoms with Gasteiger partial charge in [-0.3, -0.25) is 4.79 Å². The van der Waals surface area contributed by atoms with E-state index in [4.69, 9.17) is 5.73 Å².